The van der Waals surface area contributed by atoms with Crippen molar-refractivity contribution < 1.29 is 4.79 Å². The fourth-order valence-electron chi connectivity index (χ4n) is 1.90. The molecular weight excluding hydrogens is 290 g/mol. The molecule has 6 heteroatoms. The Bertz CT molecular complexity index is 637. The molecule has 0 aliphatic rings. The molecule has 0 saturated heterocycles. The second-order valence-electron chi connectivity index (χ2n) is 4.37. The van der Waals surface area contributed by atoms with Crippen LogP contribution in [0.1, 0.15) is 32.0 Å². The molecule has 3 N–H and O–H groups in total. The van der Waals surface area contributed by atoms with Gasteiger partial charge in [-0.3, -0.25) is 4.79 Å². The molecule has 4 nitrogen and oxygen atoms in total. The zero-order valence-corrected chi connectivity index (χ0v) is 12.8. The van der Waals surface area contributed by atoms with Gasteiger partial charge in [0, 0.05) is 0 Å². The third-order valence-corrected chi connectivity index (χ3v) is 4.11. The number of nitrogens with zero attached hydrogens (tertiary/aromatic N) is 1. The molecule has 0 spiro atoms. The molecule has 2 rings (SSSR count). The summed E-state index contributed by atoms with van der Waals surface area (Å²) < 4.78 is 0. The normalized spacial score (nSPS) is 11.9. The molecule has 0 radical (unpaired) electrons. The van der Waals surface area contributed by atoms with E-state index in [1.165, 1.54) is 11.3 Å². The summed E-state index contributed by atoms with van der Waals surface area (Å²) in [5.74, 6) is -0.199. The van der Waals surface area contributed by atoms with E-state index >= 15 is 0 Å². The molecule has 0 fully saturated rings. The average molecular weight is 305 g/mol. The fourth-order valence-corrected chi connectivity index (χ4v) is 2.92. The maximum absolute atomic E-state index is 12.3. The van der Waals surface area contributed by atoms with Crippen LogP contribution < -0.4 is 11.1 Å². The standard InChI is InChI=1S/C14H15N3OS2/c1-8-12(20-9(2)16-8)14(18)17-11(13(15)19)10-6-4-3-5-7-10/h3-7,11H,1-2H3,(H2,15,19)(H,17,18). The minimum atomic E-state index is -0.472. The third-order valence-electron chi connectivity index (χ3n) is 2.80. The molecule has 1 atom stereocenters. The summed E-state index contributed by atoms with van der Waals surface area (Å²) in [5.41, 5.74) is 7.33. The maximum Gasteiger partial charge on any atom is 0.264 e. The first-order valence-electron chi connectivity index (χ1n) is 6.08. The zero-order valence-electron chi connectivity index (χ0n) is 11.2. The Morgan fingerprint density at radius 1 is 1.35 bits per heavy atom. The van der Waals surface area contributed by atoms with E-state index in [0.717, 1.165) is 16.3 Å². The van der Waals surface area contributed by atoms with E-state index in [-0.39, 0.29) is 10.9 Å². The van der Waals surface area contributed by atoms with Gasteiger partial charge in [-0.05, 0) is 19.4 Å². The Labute approximate surface area is 127 Å². The van der Waals surface area contributed by atoms with Gasteiger partial charge in [0.25, 0.3) is 5.91 Å². The first kappa shape index (κ1) is 14.6. The number of hydrogen-bond donors (Lipinski definition) is 2. The van der Waals surface area contributed by atoms with Gasteiger partial charge in [-0.15, -0.1) is 11.3 Å². The van der Waals surface area contributed by atoms with Crippen LogP contribution in [0.15, 0.2) is 30.3 Å². The first-order chi connectivity index (χ1) is 9.49. The number of carbonyl (C=O) groups excluding carboxylic acids is 1. The van der Waals surface area contributed by atoms with Gasteiger partial charge in [0.1, 0.15) is 15.9 Å². The Kier molecular flexibility index (Phi) is 4.46. The third kappa shape index (κ3) is 3.20. The summed E-state index contributed by atoms with van der Waals surface area (Å²) >= 11 is 6.42. The largest absolute Gasteiger partial charge is 0.391 e. The first-order valence-corrected chi connectivity index (χ1v) is 7.30. The number of thiocarbonyl (C=S) groups is 1. The van der Waals surface area contributed by atoms with Gasteiger partial charge >= 0.3 is 0 Å². The van der Waals surface area contributed by atoms with Gasteiger partial charge in [0.2, 0.25) is 0 Å². The molecule has 1 amide bonds. The van der Waals surface area contributed by atoms with Gasteiger partial charge in [0.15, 0.2) is 0 Å². The maximum atomic E-state index is 12.3. The predicted octanol–water partition coefficient (Wildman–Crippen LogP) is 2.52. The van der Waals surface area contributed by atoms with Crippen LogP contribution >= 0.6 is 23.6 Å². The number of amides is 1. The van der Waals surface area contributed by atoms with Crippen molar-refractivity contribution in [1.82, 2.24) is 10.3 Å². The lowest BCUT2D eigenvalue weighted by Crippen LogP contribution is -2.36. The highest BCUT2D eigenvalue weighted by atomic mass is 32.1. The fraction of sp³-hybridized carbons (Fsp3) is 0.214. The van der Waals surface area contributed by atoms with Crippen LogP contribution in [0.3, 0.4) is 0 Å². The molecule has 0 bridgehead atoms. The number of rotatable bonds is 4. The van der Waals surface area contributed by atoms with Crippen molar-refractivity contribution in [3.8, 4) is 0 Å². The smallest absolute Gasteiger partial charge is 0.264 e. The van der Waals surface area contributed by atoms with Crippen LogP contribution in [-0.2, 0) is 0 Å². The van der Waals surface area contributed by atoms with Crippen molar-refractivity contribution in [3.05, 3.63) is 51.5 Å². The highest BCUT2D eigenvalue weighted by Crippen LogP contribution is 2.19. The van der Waals surface area contributed by atoms with Crippen molar-refractivity contribution >= 4 is 34.5 Å². The number of carbonyl (C=O) groups is 1. The van der Waals surface area contributed by atoms with E-state index in [0.29, 0.717) is 4.88 Å². The van der Waals surface area contributed by atoms with Gasteiger partial charge in [0.05, 0.1) is 10.7 Å². The Hall–Kier alpha value is -1.79. The molecule has 0 saturated carbocycles. The van der Waals surface area contributed by atoms with Gasteiger partial charge < -0.3 is 11.1 Å². The van der Waals surface area contributed by atoms with Crippen LogP contribution in [0, 0.1) is 13.8 Å². The Morgan fingerprint density at radius 3 is 2.50 bits per heavy atom. The number of aryl methyl sites for hydroxylation is 2. The van der Waals surface area contributed by atoms with E-state index in [4.69, 9.17) is 18.0 Å². The molecule has 1 unspecified atom stereocenters. The Balaban J connectivity index is 2.23. The molecule has 104 valence electrons. The summed E-state index contributed by atoms with van der Waals surface area (Å²) in [6, 6.07) is 8.96. The molecule has 1 heterocycles. The monoisotopic (exact) mass is 305 g/mol. The quantitative estimate of drug-likeness (QED) is 0.852. The van der Waals surface area contributed by atoms with Crippen molar-refractivity contribution in [2.24, 2.45) is 5.73 Å². The predicted molar refractivity (Wildman–Crippen MR) is 85.0 cm³/mol. The van der Waals surface area contributed by atoms with E-state index in [1.54, 1.807) is 0 Å². The number of aromatic nitrogens is 1. The van der Waals surface area contributed by atoms with Crippen LogP contribution in [0.4, 0.5) is 0 Å². The molecule has 1 aromatic carbocycles. The lowest BCUT2D eigenvalue weighted by atomic mass is 10.1. The highest BCUT2D eigenvalue weighted by Gasteiger charge is 2.21. The number of thiazole rings is 1. The van der Waals surface area contributed by atoms with Crippen molar-refractivity contribution in [2.45, 2.75) is 19.9 Å². The number of benzene rings is 1. The molecule has 0 aliphatic carbocycles. The highest BCUT2D eigenvalue weighted by molar-refractivity contribution is 7.80. The Morgan fingerprint density at radius 2 is 2.00 bits per heavy atom. The summed E-state index contributed by atoms with van der Waals surface area (Å²) in [4.78, 5) is 17.4. The zero-order chi connectivity index (χ0) is 14.7. The lowest BCUT2D eigenvalue weighted by Gasteiger charge is -2.17. The summed E-state index contributed by atoms with van der Waals surface area (Å²) in [6.45, 7) is 3.69. The van der Waals surface area contributed by atoms with E-state index in [9.17, 15) is 4.79 Å². The minimum Gasteiger partial charge on any atom is -0.391 e. The summed E-state index contributed by atoms with van der Waals surface area (Å²) in [5, 5.41) is 3.73. The van der Waals surface area contributed by atoms with Crippen LogP contribution in [0.25, 0.3) is 0 Å². The van der Waals surface area contributed by atoms with Crippen LogP contribution in [-0.4, -0.2) is 15.9 Å². The topological polar surface area (TPSA) is 68.0 Å². The molecule has 2 aromatic rings. The molecular formula is C14H15N3OS2. The lowest BCUT2D eigenvalue weighted by molar-refractivity contribution is 0.0950. The van der Waals surface area contributed by atoms with Gasteiger partial charge in [-0.25, -0.2) is 4.98 Å². The van der Waals surface area contributed by atoms with Gasteiger partial charge in [-0.1, -0.05) is 42.5 Å². The SMILES string of the molecule is Cc1nc(C)c(C(=O)NC(C(N)=S)c2ccccc2)s1. The molecule has 20 heavy (non-hydrogen) atoms. The van der Waals surface area contributed by atoms with Crippen LogP contribution in [0.5, 0.6) is 0 Å². The minimum absolute atomic E-state index is 0.199. The van der Waals surface area contributed by atoms with Gasteiger partial charge in [-0.2, -0.15) is 0 Å². The number of hydrogen-bond acceptors (Lipinski definition) is 4. The van der Waals surface area contributed by atoms with Crippen LogP contribution in [0.2, 0.25) is 0 Å². The van der Waals surface area contributed by atoms with E-state index in [2.05, 4.69) is 10.3 Å². The number of nitrogens with two attached hydrogens (primary N) is 1. The summed E-state index contributed by atoms with van der Waals surface area (Å²) in [7, 11) is 0. The molecule has 0 aliphatic heterocycles. The van der Waals surface area contributed by atoms with E-state index in [1.807, 2.05) is 44.2 Å². The van der Waals surface area contributed by atoms with Crippen molar-refractivity contribution in [2.75, 3.05) is 0 Å². The second kappa shape index (κ2) is 6.11. The second-order valence-corrected chi connectivity index (χ2v) is 6.04. The van der Waals surface area contributed by atoms with Crippen molar-refractivity contribution in [3.63, 3.8) is 0 Å². The average Bonchev–Trinajstić information content (AvgIpc) is 2.75. The molecule has 1 aromatic heterocycles. The summed E-state index contributed by atoms with van der Waals surface area (Å²) in [6.07, 6.45) is 0. The van der Waals surface area contributed by atoms with Crippen molar-refractivity contribution in [1.29, 1.82) is 0 Å². The number of nitrogens with one attached hydrogen (secondary N) is 1. The van der Waals surface area contributed by atoms with E-state index < -0.39 is 6.04 Å².